The van der Waals surface area contributed by atoms with Crippen molar-refractivity contribution in [2.45, 2.75) is 18.2 Å². The summed E-state index contributed by atoms with van der Waals surface area (Å²) < 4.78 is 5.62. The van der Waals surface area contributed by atoms with Crippen LogP contribution < -0.4 is 4.74 Å². The van der Waals surface area contributed by atoms with Crippen LogP contribution in [0.5, 0.6) is 5.75 Å². The van der Waals surface area contributed by atoms with Crippen molar-refractivity contribution in [3.05, 3.63) is 63.1 Å². The normalized spacial score (nSPS) is 15.3. The first-order valence-corrected chi connectivity index (χ1v) is 7.69. The number of ether oxygens (including phenoxy) is 1. The predicted molar refractivity (Wildman–Crippen MR) is 84.4 cm³/mol. The summed E-state index contributed by atoms with van der Waals surface area (Å²) in [5.74, 6) is 0.970. The van der Waals surface area contributed by atoms with Gasteiger partial charge in [-0.05, 0) is 47.7 Å². The molecule has 2 aromatic carbocycles. The molecule has 20 heavy (non-hydrogen) atoms. The Morgan fingerprint density at radius 2 is 1.70 bits per heavy atom. The van der Waals surface area contributed by atoms with E-state index in [2.05, 4.69) is 6.07 Å². The highest BCUT2D eigenvalue weighted by Crippen LogP contribution is 2.35. The fraction of sp³-hybridized carbons (Fsp3) is 0.250. The minimum atomic E-state index is -0.239. The summed E-state index contributed by atoms with van der Waals surface area (Å²) in [5.41, 5.74) is 3.21. The number of hydrogen-bond acceptors (Lipinski definition) is 1. The summed E-state index contributed by atoms with van der Waals surface area (Å²) in [6.45, 7) is 0.795. The molecule has 1 atom stereocenters. The van der Waals surface area contributed by atoms with Crippen molar-refractivity contribution in [3.63, 3.8) is 0 Å². The average Bonchev–Trinajstić information content (AvgIpc) is 2.49. The number of alkyl halides is 1. The molecule has 1 heterocycles. The van der Waals surface area contributed by atoms with Crippen molar-refractivity contribution in [2.75, 3.05) is 6.61 Å². The van der Waals surface area contributed by atoms with Crippen molar-refractivity contribution in [1.29, 1.82) is 0 Å². The molecular weight excluding hydrogens is 315 g/mol. The lowest BCUT2D eigenvalue weighted by Crippen LogP contribution is -2.08. The van der Waals surface area contributed by atoms with E-state index in [1.807, 2.05) is 24.3 Å². The van der Waals surface area contributed by atoms with Gasteiger partial charge in [0, 0.05) is 0 Å². The van der Waals surface area contributed by atoms with Crippen LogP contribution in [0.1, 0.15) is 28.5 Å². The zero-order valence-corrected chi connectivity index (χ0v) is 13.0. The van der Waals surface area contributed by atoms with Crippen LogP contribution in [0.4, 0.5) is 0 Å². The lowest BCUT2D eigenvalue weighted by molar-refractivity contribution is 0.288. The Bertz CT molecular complexity index is 640. The Morgan fingerprint density at radius 3 is 2.50 bits per heavy atom. The minimum absolute atomic E-state index is 0.239. The van der Waals surface area contributed by atoms with Gasteiger partial charge < -0.3 is 4.74 Å². The molecule has 0 radical (unpaired) electrons. The van der Waals surface area contributed by atoms with Crippen LogP contribution in [0.25, 0.3) is 0 Å². The van der Waals surface area contributed by atoms with Gasteiger partial charge in [-0.1, -0.05) is 41.4 Å². The highest BCUT2D eigenvalue weighted by molar-refractivity contribution is 6.42. The summed E-state index contributed by atoms with van der Waals surface area (Å²) in [7, 11) is 0. The van der Waals surface area contributed by atoms with Gasteiger partial charge in [-0.25, -0.2) is 0 Å². The molecule has 104 valence electrons. The molecular formula is C16H13Cl3O. The molecule has 0 fully saturated rings. The van der Waals surface area contributed by atoms with Crippen molar-refractivity contribution in [1.82, 2.24) is 0 Å². The molecule has 0 N–H and O–H groups in total. The molecule has 2 aromatic rings. The fourth-order valence-corrected chi connectivity index (χ4v) is 2.98. The molecule has 1 aliphatic rings. The predicted octanol–water partition coefficient (Wildman–Crippen LogP) is 5.65. The molecule has 1 nitrogen and oxygen atoms in total. The van der Waals surface area contributed by atoms with Crippen molar-refractivity contribution < 1.29 is 4.74 Å². The Balaban J connectivity index is 1.93. The van der Waals surface area contributed by atoms with E-state index in [0.29, 0.717) is 10.0 Å². The molecule has 4 heteroatoms. The lowest BCUT2D eigenvalue weighted by atomic mass is 9.98. The van der Waals surface area contributed by atoms with Gasteiger partial charge in [-0.15, -0.1) is 11.6 Å². The number of aryl methyl sites for hydroxylation is 1. The van der Waals surface area contributed by atoms with Gasteiger partial charge in [0.25, 0.3) is 0 Å². The van der Waals surface area contributed by atoms with Crippen LogP contribution in [-0.2, 0) is 6.42 Å². The van der Waals surface area contributed by atoms with Crippen LogP contribution >= 0.6 is 34.8 Å². The Morgan fingerprint density at radius 1 is 0.950 bits per heavy atom. The first kappa shape index (κ1) is 14.1. The van der Waals surface area contributed by atoms with Gasteiger partial charge in [0.1, 0.15) is 5.75 Å². The molecule has 3 rings (SSSR count). The van der Waals surface area contributed by atoms with E-state index in [1.54, 1.807) is 6.07 Å². The Hall–Kier alpha value is -0.890. The van der Waals surface area contributed by atoms with Gasteiger partial charge in [-0.3, -0.25) is 0 Å². The molecule has 0 aromatic heterocycles. The van der Waals surface area contributed by atoms with Crippen LogP contribution in [0.3, 0.4) is 0 Å². The van der Waals surface area contributed by atoms with Gasteiger partial charge in [0.05, 0.1) is 22.0 Å². The number of hydrogen-bond donors (Lipinski definition) is 0. The fourth-order valence-electron chi connectivity index (χ4n) is 2.40. The SMILES string of the molecule is Clc1ccc(C(Cl)c2ccc3c(c2)CCCO3)cc1Cl. The van der Waals surface area contributed by atoms with Gasteiger partial charge in [0.2, 0.25) is 0 Å². The van der Waals surface area contributed by atoms with E-state index in [0.717, 1.165) is 36.3 Å². The quantitative estimate of drug-likeness (QED) is 0.648. The third kappa shape index (κ3) is 2.76. The van der Waals surface area contributed by atoms with Crippen molar-refractivity contribution in [2.24, 2.45) is 0 Å². The van der Waals surface area contributed by atoms with E-state index < -0.39 is 0 Å². The highest BCUT2D eigenvalue weighted by Gasteiger charge is 2.16. The van der Waals surface area contributed by atoms with Gasteiger partial charge >= 0.3 is 0 Å². The zero-order valence-electron chi connectivity index (χ0n) is 10.7. The molecule has 0 saturated heterocycles. The molecule has 1 aliphatic heterocycles. The summed E-state index contributed by atoms with van der Waals surface area (Å²) in [6.07, 6.45) is 2.09. The van der Waals surface area contributed by atoms with E-state index in [1.165, 1.54) is 5.56 Å². The highest BCUT2D eigenvalue weighted by atomic mass is 35.5. The van der Waals surface area contributed by atoms with Crippen LogP contribution in [0.2, 0.25) is 10.0 Å². The summed E-state index contributed by atoms with van der Waals surface area (Å²) in [4.78, 5) is 0. The van der Waals surface area contributed by atoms with Crippen LogP contribution in [0, 0.1) is 0 Å². The Labute approximate surface area is 133 Å². The molecule has 0 aliphatic carbocycles. The smallest absolute Gasteiger partial charge is 0.122 e. The zero-order chi connectivity index (χ0) is 14.1. The molecule has 0 saturated carbocycles. The molecule has 0 spiro atoms. The first-order valence-electron chi connectivity index (χ1n) is 6.50. The third-order valence-corrected chi connectivity index (χ3v) is 4.70. The topological polar surface area (TPSA) is 9.23 Å². The van der Waals surface area contributed by atoms with E-state index in [9.17, 15) is 0 Å². The van der Waals surface area contributed by atoms with Crippen LogP contribution in [-0.4, -0.2) is 6.61 Å². The second-order valence-corrected chi connectivity index (χ2v) is 6.11. The van der Waals surface area contributed by atoms with Gasteiger partial charge in [-0.2, -0.15) is 0 Å². The van der Waals surface area contributed by atoms with Crippen molar-refractivity contribution >= 4 is 34.8 Å². The maximum atomic E-state index is 6.56. The second-order valence-electron chi connectivity index (χ2n) is 4.86. The number of fused-ring (bicyclic) bond motifs is 1. The number of benzene rings is 2. The summed E-state index contributed by atoms with van der Waals surface area (Å²) in [5, 5.41) is 0.825. The maximum absolute atomic E-state index is 6.56. The molecule has 0 bridgehead atoms. The summed E-state index contributed by atoms with van der Waals surface area (Å²) >= 11 is 18.5. The first-order chi connectivity index (χ1) is 9.65. The van der Waals surface area contributed by atoms with Gasteiger partial charge in [0.15, 0.2) is 0 Å². The average molecular weight is 328 g/mol. The molecule has 1 unspecified atom stereocenters. The standard InChI is InChI=1S/C16H13Cl3O/c17-13-5-3-12(9-14(13)18)16(19)11-4-6-15-10(8-11)2-1-7-20-15/h3-6,8-9,16H,1-2,7H2. The third-order valence-electron chi connectivity index (χ3n) is 3.46. The monoisotopic (exact) mass is 326 g/mol. The van der Waals surface area contributed by atoms with Crippen molar-refractivity contribution in [3.8, 4) is 5.75 Å². The number of rotatable bonds is 2. The summed E-state index contributed by atoms with van der Waals surface area (Å²) in [6, 6.07) is 11.6. The molecule has 0 amide bonds. The lowest BCUT2D eigenvalue weighted by Gasteiger charge is -2.19. The second kappa shape index (κ2) is 5.85. The number of halogens is 3. The Kier molecular flexibility index (Phi) is 4.11. The van der Waals surface area contributed by atoms with Crippen LogP contribution in [0.15, 0.2) is 36.4 Å². The minimum Gasteiger partial charge on any atom is -0.493 e. The van der Waals surface area contributed by atoms with E-state index >= 15 is 0 Å². The van der Waals surface area contributed by atoms with E-state index in [4.69, 9.17) is 39.5 Å². The maximum Gasteiger partial charge on any atom is 0.122 e. The largest absolute Gasteiger partial charge is 0.493 e. The van der Waals surface area contributed by atoms with E-state index in [-0.39, 0.29) is 5.38 Å².